The van der Waals surface area contributed by atoms with Crippen molar-refractivity contribution in [3.05, 3.63) is 0 Å². The Morgan fingerprint density at radius 2 is 0.716 bits per heavy atom. The van der Waals surface area contributed by atoms with Gasteiger partial charge in [0.15, 0.2) is 11.4 Å². The molecule has 2 aliphatic carbocycles. The van der Waals surface area contributed by atoms with Crippen LogP contribution >= 0.6 is 0 Å². The van der Waals surface area contributed by atoms with Crippen molar-refractivity contribution >= 4 is 23.9 Å². The summed E-state index contributed by atoms with van der Waals surface area (Å²) >= 11 is 0. The number of unbranched alkanes of at least 4 members (excludes halogenated alkanes) is 12. The van der Waals surface area contributed by atoms with Crippen molar-refractivity contribution in [2.24, 2.45) is 22.9 Å². The third-order valence-electron chi connectivity index (χ3n) is 10.8. The van der Waals surface area contributed by atoms with Gasteiger partial charge >= 0.3 is 44.6 Å². The van der Waals surface area contributed by atoms with E-state index in [4.69, 9.17) is 91.9 Å². The molecule has 0 unspecified atom stereocenters. The fourth-order valence-corrected chi connectivity index (χ4v) is 6.59. The fourth-order valence-electron chi connectivity index (χ4n) is 6.59. The van der Waals surface area contributed by atoms with Crippen LogP contribution in [0, 0.1) is 0 Å². The first-order valence-corrected chi connectivity index (χ1v) is 23.3. The molecule has 0 aromatic carbocycles. The van der Waals surface area contributed by atoms with E-state index in [2.05, 4.69) is 0 Å². The maximum Gasteiger partial charge on any atom is 2.00 e. The molecule has 0 aromatic heterocycles. The van der Waals surface area contributed by atoms with Crippen LogP contribution in [0.4, 0.5) is 0 Å². The van der Waals surface area contributed by atoms with E-state index in [1.807, 2.05) is 0 Å². The first-order valence-electron chi connectivity index (χ1n) is 23.3. The molecule has 24 nitrogen and oxygen atoms in total. The second-order valence-corrected chi connectivity index (χ2v) is 16.4. The Hall–Kier alpha value is -2.07. The molecule has 0 aliphatic heterocycles. The summed E-state index contributed by atoms with van der Waals surface area (Å²) in [6.45, 7) is 0.0980. The average molecular weight is 1150 g/mol. The Kier molecular flexibility index (Phi) is 36.5. The van der Waals surface area contributed by atoms with Gasteiger partial charge in [-0.15, -0.1) is 0 Å². The summed E-state index contributed by atoms with van der Waals surface area (Å²) in [7, 11) is 0. The van der Waals surface area contributed by atoms with Crippen molar-refractivity contribution in [1.29, 1.82) is 0 Å². The van der Waals surface area contributed by atoms with Gasteiger partial charge in [-0.2, -0.15) is 19.6 Å². The van der Waals surface area contributed by atoms with Gasteiger partial charge < -0.3 is 61.2 Å². The molecule has 4 atom stereocenters. The number of hydrogen-bond donors (Lipinski definition) is 8. The van der Waals surface area contributed by atoms with E-state index in [1.54, 1.807) is 0 Å². The predicted octanol–water partition coefficient (Wildman–Crippen LogP) is -0.935. The van der Waals surface area contributed by atoms with Gasteiger partial charge in [0, 0.05) is 39.3 Å². The van der Waals surface area contributed by atoms with Gasteiger partial charge in [0.05, 0.1) is 38.5 Å². The monoisotopic (exact) mass is 1150 g/mol. The van der Waals surface area contributed by atoms with Gasteiger partial charge in [0.2, 0.25) is 0 Å². The van der Waals surface area contributed by atoms with E-state index in [0.29, 0.717) is 103 Å². The number of hydrogen-bond acceptors (Lipinski definition) is 24. The smallest absolute Gasteiger partial charge is 0.544 e. The molecule has 0 radical (unpaired) electrons. The molecule has 12 N–H and O–H groups in total. The molecule has 0 bridgehead atoms. The zero-order valence-corrected chi connectivity index (χ0v) is 41.0. The van der Waals surface area contributed by atoms with E-state index in [9.17, 15) is 29.4 Å². The number of aliphatic hydroxyl groups excluding tert-OH is 4. The van der Waals surface area contributed by atoms with E-state index >= 15 is 0 Å². The Balaban J connectivity index is 0.00000128. The summed E-state index contributed by atoms with van der Waals surface area (Å²) < 4.78 is 10.5. The number of ether oxygens (including phenoxy) is 2. The Morgan fingerprint density at radius 3 is 0.940 bits per heavy atom. The van der Waals surface area contributed by atoms with Crippen LogP contribution in [0.25, 0.3) is 0 Å². The topological polar surface area (TPSA) is 392 Å². The molecule has 0 saturated heterocycles. The van der Waals surface area contributed by atoms with Gasteiger partial charge in [-0.3, -0.25) is 11.5 Å². The summed E-state index contributed by atoms with van der Waals surface area (Å²) in [5, 5.41) is 59.1. The van der Waals surface area contributed by atoms with Crippen LogP contribution < -0.4 is 33.1 Å². The third-order valence-corrected chi connectivity index (χ3v) is 10.8. The Morgan fingerprint density at radius 1 is 0.463 bits per heavy atom. The fraction of sp³-hybridized carbons (Fsp3) is 0.905. The summed E-state index contributed by atoms with van der Waals surface area (Å²) in [5.74, 6) is -13.5. The number of carbonyl (C=O) groups excluding carboxylic acids is 4. The normalized spacial score (nSPS) is 20.8. The average Bonchev–Trinajstić information content (AvgIpc) is 3.28. The predicted molar refractivity (Wildman–Crippen MR) is 225 cm³/mol. The van der Waals surface area contributed by atoms with Crippen molar-refractivity contribution in [2.45, 2.75) is 189 Å². The molecule has 0 amide bonds. The van der Waals surface area contributed by atoms with Crippen molar-refractivity contribution in [2.75, 3.05) is 52.9 Å². The van der Waals surface area contributed by atoms with E-state index in [1.165, 1.54) is 0 Å². The van der Waals surface area contributed by atoms with Crippen LogP contribution in [0.15, 0.2) is 0 Å². The largest absolute Gasteiger partial charge is 2.00 e. The van der Waals surface area contributed by atoms with Gasteiger partial charge in [-0.25, -0.2) is 29.1 Å². The molecule has 2 saturated carbocycles. The number of aliphatic hydroxyl groups is 4. The van der Waals surface area contributed by atoms with Crippen molar-refractivity contribution < 1.29 is 119 Å². The summed E-state index contributed by atoms with van der Waals surface area (Å²) in [6, 6.07) is -1.40. The molecule has 2 aliphatic rings. The molecule has 0 aromatic rings. The van der Waals surface area contributed by atoms with Gasteiger partial charge in [0.25, 0.3) is 0 Å². The first-order chi connectivity index (χ1) is 31.6. The number of carboxylic acid groups (broad SMARTS) is 2. The molecule has 0 spiro atoms. The van der Waals surface area contributed by atoms with Crippen LogP contribution in [0.5, 0.6) is 0 Å². The quantitative estimate of drug-likeness (QED) is 0.00924. The number of carbonyl (C=O) groups is 4. The van der Waals surface area contributed by atoms with Crippen LogP contribution in [-0.4, -0.2) is 132 Å². The van der Waals surface area contributed by atoms with Crippen molar-refractivity contribution in [3.8, 4) is 0 Å². The number of nitrogens with two attached hydrogens (primary N) is 4. The molecular formula is C42H78N4O20Pt. The van der Waals surface area contributed by atoms with E-state index in [-0.39, 0.29) is 86.8 Å². The second kappa shape index (κ2) is 37.7. The summed E-state index contributed by atoms with van der Waals surface area (Å²) in [6.07, 6.45) is 14.6. The van der Waals surface area contributed by atoms with Crippen LogP contribution in [-0.2, 0) is 88.8 Å². The maximum atomic E-state index is 12.9. The van der Waals surface area contributed by atoms with Gasteiger partial charge in [-0.05, 0) is 77.0 Å². The SMILES string of the molecule is N[C@@H]1CCCC[C@]1(N)OC(=O)C(OOCCCCCCO)(OOCCCCCCO)C(=O)[O-].N[C@@H]1CCCC[C@]1(N)OC(=O)C(OOCCCCCCO)(OOCCCCCCO)C(=O)[O-].[Pt+2]. The minimum absolute atomic E-state index is 0. The molecule has 2 rings (SSSR count). The first kappa shape index (κ1) is 64.9. The van der Waals surface area contributed by atoms with Gasteiger partial charge in [0.1, 0.15) is 11.9 Å². The van der Waals surface area contributed by atoms with Crippen LogP contribution in [0.2, 0.25) is 0 Å². The van der Waals surface area contributed by atoms with Gasteiger partial charge in [-0.1, -0.05) is 64.2 Å². The summed E-state index contributed by atoms with van der Waals surface area (Å²) in [5.41, 5.74) is 21.1. The van der Waals surface area contributed by atoms with Crippen LogP contribution in [0.3, 0.4) is 0 Å². The Labute approximate surface area is 407 Å². The molecular weight excluding hydrogens is 1080 g/mol. The number of aliphatic carboxylic acids is 2. The zero-order chi connectivity index (χ0) is 49.2. The molecule has 25 heteroatoms. The van der Waals surface area contributed by atoms with Crippen molar-refractivity contribution in [1.82, 2.24) is 0 Å². The minimum atomic E-state index is -3.15. The Bertz CT molecular complexity index is 1200. The molecule has 396 valence electrons. The van der Waals surface area contributed by atoms with E-state index < -0.39 is 59.0 Å². The zero-order valence-electron chi connectivity index (χ0n) is 38.7. The standard InChI is InChI=1S/2C21H40N2O10.Pt/c2*22-17-11-5-6-12-20(17,23)31-19(28)21(18(26)27,32-29-15-9-3-1-7-13-24)33-30-16-10-4-2-8-14-25;/h2*17,24-25H,1-16,22-23H2,(H,26,27);/q;;+2/p-2/t2*17-,20+;/m11./s1. The number of esters is 2. The van der Waals surface area contributed by atoms with E-state index in [0.717, 1.165) is 38.5 Å². The van der Waals surface area contributed by atoms with Crippen LogP contribution in [0.1, 0.15) is 154 Å². The number of rotatable bonds is 38. The summed E-state index contributed by atoms with van der Waals surface area (Å²) in [4.78, 5) is 88.9. The van der Waals surface area contributed by atoms with Crippen molar-refractivity contribution in [3.63, 3.8) is 0 Å². The molecule has 2 fully saturated rings. The molecule has 67 heavy (non-hydrogen) atoms. The third kappa shape index (κ3) is 24.6. The minimum Gasteiger partial charge on any atom is -0.544 e. The number of carboxylic acids is 2. The maximum absolute atomic E-state index is 12.9. The molecule has 0 heterocycles. The second-order valence-electron chi connectivity index (χ2n) is 16.4.